The first-order valence-corrected chi connectivity index (χ1v) is 5.54. The van der Waals surface area contributed by atoms with Crippen LogP contribution in [0.1, 0.15) is 20.3 Å². The summed E-state index contributed by atoms with van der Waals surface area (Å²) >= 11 is 0. The molecule has 0 N–H and O–H groups in total. The molecule has 0 saturated carbocycles. The van der Waals surface area contributed by atoms with Gasteiger partial charge < -0.3 is 14.3 Å². The van der Waals surface area contributed by atoms with Gasteiger partial charge in [0.25, 0.3) is 0 Å². The highest BCUT2D eigenvalue weighted by molar-refractivity contribution is 6.03. The Morgan fingerprint density at radius 3 is 2.71 bits per heavy atom. The second-order valence-corrected chi connectivity index (χ2v) is 3.27. The standard InChI is InChI=1S/C12H17NO4/c1-4-16-11-8-9(13-15-3)6-7-10(11)12(14)17-5-2/h6-7H,4-5,8H2,1-3H3. The molecular formula is C12H17NO4. The van der Waals surface area contributed by atoms with Crippen molar-refractivity contribution in [3.63, 3.8) is 0 Å². The highest BCUT2D eigenvalue weighted by Gasteiger charge is 2.20. The first-order chi connectivity index (χ1) is 8.22. The molecule has 94 valence electrons. The van der Waals surface area contributed by atoms with Gasteiger partial charge in [-0.1, -0.05) is 5.16 Å². The van der Waals surface area contributed by atoms with Crippen LogP contribution in [0.15, 0.2) is 28.6 Å². The van der Waals surface area contributed by atoms with Gasteiger partial charge in [-0.05, 0) is 26.0 Å². The van der Waals surface area contributed by atoms with E-state index in [2.05, 4.69) is 5.16 Å². The van der Waals surface area contributed by atoms with E-state index in [1.165, 1.54) is 7.11 Å². The molecule has 0 saturated heterocycles. The fraction of sp³-hybridized carbons (Fsp3) is 0.500. The van der Waals surface area contributed by atoms with Crippen LogP contribution in [0, 0.1) is 0 Å². The van der Waals surface area contributed by atoms with Crippen molar-refractivity contribution in [3.05, 3.63) is 23.5 Å². The smallest absolute Gasteiger partial charge is 0.341 e. The third-order valence-corrected chi connectivity index (χ3v) is 2.11. The number of oxime groups is 1. The topological polar surface area (TPSA) is 57.1 Å². The van der Waals surface area contributed by atoms with Gasteiger partial charge in [0.1, 0.15) is 12.9 Å². The molecule has 1 aliphatic carbocycles. The molecule has 1 rings (SSSR count). The first-order valence-electron chi connectivity index (χ1n) is 5.54. The van der Waals surface area contributed by atoms with E-state index in [4.69, 9.17) is 14.3 Å². The normalized spacial score (nSPS) is 17.2. The summed E-state index contributed by atoms with van der Waals surface area (Å²) in [5, 5.41) is 3.82. The average Bonchev–Trinajstić information content (AvgIpc) is 2.30. The lowest BCUT2D eigenvalue weighted by Gasteiger charge is -2.16. The lowest BCUT2D eigenvalue weighted by molar-refractivity contribution is -0.138. The summed E-state index contributed by atoms with van der Waals surface area (Å²) in [5.41, 5.74) is 1.16. The maximum absolute atomic E-state index is 11.7. The number of hydrogen-bond donors (Lipinski definition) is 0. The van der Waals surface area contributed by atoms with E-state index in [9.17, 15) is 4.79 Å². The SMILES string of the molecule is CCOC(=O)C1=C(OCC)CC(=NOC)C=C1. The predicted molar refractivity (Wildman–Crippen MR) is 63.5 cm³/mol. The van der Waals surface area contributed by atoms with Crippen molar-refractivity contribution < 1.29 is 19.1 Å². The van der Waals surface area contributed by atoms with Crippen LogP contribution in [-0.2, 0) is 19.1 Å². The van der Waals surface area contributed by atoms with Crippen LogP contribution < -0.4 is 0 Å². The molecule has 5 heteroatoms. The van der Waals surface area contributed by atoms with Crippen LogP contribution in [-0.4, -0.2) is 32.0 Å². The van der Waals surface area contributed by atoms with Crippen LogP contribution in [0.2, 0.25) is 0 Å². The molecule has 0 aromatic carbocycles. The maximum Gasteiger partial charge on any atom is 0.341 e. The van der Waals surface area contributed by atoms with E-state index in [1.54, 1.807) is 19.1 Å². The summed E-state index contributed by atoms with van der Waals surface area (Å²) in [7, 11) is 1.48. The van der Waals surface area contributed by atoms with Gasteiger partial charge in [0, 0.05) is 0 Å². The summed E-state index contributed by atoms with van der Waals surface area (Å²) < 4.78 is 10.4. The molecule has 5 nitrogen and oxygen atoms in total. The molecule has 0 fully saturated rings. The minimum absolute atomic E-state index is 0.342. The lowest BCUT2D eigenvalue weighted by atomic mass is 10.0. The number of carbonyl (C=O) groups excluding carboxylic acids is 1. The Morgan fingerprint density at radius 2 is 2.12 bits per heavy atom. The Bertz CT molecular complexity index is 369. The Morgan fingerprint density at radius 1 is 1.35 bits per heavy atom. The summed E-state index contributed by atoms with van der Waals surface area (Å²) in [6.45, 7) is 4.46. The van der Waals surface area contributed by atoms with Gasteiger partial charge in [-0.2, -0.15) is 0 Å². The Kier molecular flexibility index (Phi) is 5.26. The fourth-order valence-corrected chi connectivity index (χ4v) is 1.46. The zero-order chi connectivity index (χ0) is 12.7. The zero-order valence-electron chi connectivity index (χ0n) is 10.4. The first kappa shape index (κ1) is 13.3. The van der Waals surface area contributed by atoms with Crippen molar-refractivity contribution in [2.24, 2.45) is 5.16 Å². The largest absolute Gasteiger partial charge is 0.497 e. The minimum Gasteiger partial charge on any atom is -0.497 e. The predicted octanol–water partition coefficient (Wildman–Crippen LogP) is 1.80. The van der Waals surface area contributed by atoms with Gasteiger partial charge in [0.05, 0.1) is 30.9 Å². The van der Waals surface area contributed by atoms with E-state index >= 15 is 0 Å². The van der Waals surface area contributed by atoms with Gasteiger partial charge in [-0.25, -0.2) is 4.79 Å². The van der Waals surface area contributed by atoms with Crippen LogP contribution in [0.3, 0.4) is 0 Å². The Balaban J connectivity index is 2.90. The molecule has 0 aromatic rings. The molecule has 17 heavy (non-hydrogen) atoms. The maximum atomic E-state index is 11.7. The zero-order valence-corrected chi connectivity index (χ0v) is 10.4. The summed E-state index contributed by atoms with van der Waals surface area (Å²) in [5.74, 6) is 0.202. The third-order valence-electron chi connectivity index (χ3n) is 2.11. The number of esters is 1. The van der Waals surface area contributed by atoms with Crippen LogP contribution in [0.4, 0.5) is 0 Å². The molecule has 0 atom stereocenters. The van der Waals surface area contributed by atoms with Gasteiger partial charge >= 0.3 is 5.97 Å². The monoisotopic (exact) mass is 239 g/mol. The fourth-order valence-electron chi connectivity index (χ4n) is 1.46. The molecule has 0 unspecified atom stereocenters. The lowest BCUT2D eigenvalue weighted by Crippen LogP contribution is -2.15. The van der Waals surface area contributed by atoms with Crippen LogP contribution in [0.5, 0.6) is 0 Å². The highest BCUT2D eigenvalue weighted by atomic mass is 16.6. The van der Waals surface area contributed by atoms with Gasteiger partial charge in [-0.3, -0.25) is 0 Å². The molecule has 0 aromatic heterocycles. The molecular weight excluding hydrogens is 222 g/mol. The number of allylic oxidation sites excluding steroid dienone is 2. The van der Waals surface area contributed by atoms with Crippen LogP contribution in [0.25, 0.3) is 0 Å². The van der Waals surface area contributed by atoms with Crippen molar-refractivity contribution in [1.82, 2.24) is 0 Å². The van der Waals surface area contributed by atoms with Gasteiger partial charge in [-0.15, -0.1) is 0 Å². The summed E-state index contributed by atoms with van der Waals surface area (Å²) in [6.07, 6.45) is 3.80. The Hall–Kier alpha value is -1.78. The number of ether oxygens (including phenoxy) is 2. The van der Waals surface area contributed by atoms with Gasteiger partial charge in [0.15, 0.2) is 0 Å². The molecule has 0 aliphatic heterocycles. The van der Waals surface area contributed by atoms with Gasteiger partial charge in [0.2, 0.25) is 0 Å². The van der Waals surface area contributed by atoms with Crippen molar-refractivity contribution in [2.75, 3.05) is 20.3 Å². The minimum atomic E-state index is -0.372. The molecule has 0 heterocycles. The van der Waals surface area contributed by atoms with Crippen molar-refractivity contribution in [1.29, 1.82) is 0 Å². The molecule has 0 bridgehead atoms. The number of nitrogens with zero attached hydrogens (tertiary/aromatic N) is 1. The van der Waals surface area contributed by atoms with Crippen LogP contribution >= 0.6 is 0 Å². The second kappa shape index (κ2) is 6.73. The van der Waals surface area contributed by atoms with Crippen molar-refractivity contribution in [2.45, 2.75) is 20.3 Å². The third kappa shape index (κ3) is 3.62. The van der Waals surface area contributed by atoms with Crippen molar-refractivity contribution >= 4 is 11.7 Å². The van der Waals surface area contributed by atoms with E-state index in [1.807, 2.05) is 6.92 Å². The molecule has 0 radical (unpaired) electrons. The second-order valence-electron chi connectivity index (χ2n) is 3.27. The number of carbonyl (C=O) groups is 1. The summed E-state index contributed by atoms with van der Waals surface area (Å²) in [4.78, 5) is 16.4. The molecule has 1 aliphatic rings. The van der Waals surface area contributed by atoms with E-state index < -0.39 is 0 Å². The summed E-state index contributed by atoms with van der Waals surface area (Å²) in [6, 6.07) is 0. The van der Waals surface area contributed by atoms with E-state index in [-0.39, 0.29) is 5.97 Å². The highest BCUT2D eigenvalue weighted by Crippen LogP contribution is 2.20. The molecule has 0 amide bonds. The number of rotatable bonds is 5. The van der Waals surface area contributed by atoms with Crippen molar-refractivity contribution in [3.8, 4) is 0 Å². The molecule has 0 spiro atoms. The Labute approximate surface area is 101 Å². The quantitative estimate of drug-likeness (QED) is 0.542. The van der Waals surface area contributed by atoms with E-state index in [0.717, 1.165) is 0 Å². The van der Waals surface area contributed by atoms with E-state index in [0.29, 0.717) is 36.7 Å². The average molecular weight is 239 g/mol. The number of hydrogen-bond acceptors (Lipinski definition) is 5.